The molecule has 6 heteroatoms. The third-order valence-corrected chi connectivity index (χ3v) is 4.55. The Morgan fingerprint density at radius 3 is 2.17 bits per heavy atom. The first-order valence-electron chi connectivity index (χ1n) is 9.22. The second-order valence-corrected chi connectivity index (χ2v) is 6.51. The summed E-state index contributed by atoms with van der Waals surface area (Å²) < 4.78 is 11.0. The second-order valence-electron chi connectivity index (χ2n) is 6.51. The van der Waals surface area contributed by atoms with Gasteiger partial charge in [-0.05, 0) is 54.1 Å². The van der Waals surface area contributed by atoms with Crippen LogP contribution in [0, 0.1) is 0 Å². The summed E-state index contributed by atoms with van der Waals surface area (Å²) in [5, 5.41) is 9.14. The predicted molar refractivity (Wildman–Crippen MR) is 111 cm³/mol. The van der Waals surface area contributed by atoms with Gasteiger partial charge in [-0.15, -0.1) is 0 Å². The highest BCUT2D eigenvalue weighted by Gasteiger charge is 2.06. The highest BCUT2D eigenvalue weighted by atomic mass is 16.5. The van der Waals surface area contributed by atoms with Gasteiger partial charge in [0.1, 0.15) is 23.9 Å². The summed E-state index contributed by atoms with van der Waals surface area (Å²) in [5.74, 6) is 2.32. The van der Waals surface area contributed by atoms with Crippen LogP contribution < -0.4 is 9.47 Å². The maximum atomic E-state index is 9.14. The van der Waals surface area contributed by atoms with Gasteiger partial charge < -0.3 is 19.6 Å². The summed E-state index contributed by atoms with van der Waals surface area (Å²) in [6.07, 6.45) is 3.39. The third-order valence-electron chi connectivity index (χ3n) is 4.55. The van der Waals surface area contributed by atoms with E-state index in [1.165, 1.54) is 0 Å². The normalized spacial score (nSPS) is 10.7. The molecule has 0 aliphatic carbocycles. The monoisotopic (exact) mass is 387 g/mol. The summed E-state index contributed by atoms with van der Waals surface area (Å²) in [4.78, 5) is 11.8. The lowest BCUT2D eigenvalue weighted by atomic mass is 10.1. The van der Waals surface area contributed by atoms with Crippen molar-refractivity contribution in [2.45, 2.75) is 13.2 Å². The first-order valence-corrected chi connectivity index (χ1v) is 9.22. The molecule has 6 nitrogen and oxygen atoms in total. The second kappa shape index (κ2) is 8.58. The fraction of sp³-hybridized carbons (Fsp3) is 0.130. The summed E-state index contributed by atoms with van der Waals surface area (Å²) in [7, 11) is 1.65. The Kier molecular flexibility index (Phi) is 5.54. The number of hydrogen-bond acceptors (Lipinski definition) is 5. The van der Waals surface area contributed by atoms with E-state index in [-0.39, 0.29) is 6.61 Å². The molecule has 0 aliphatic heterocycles. The van der Waals surface area contributed by atoms with Crippen molar-refractivity contribution < 1.29 is 14.6 Å². The minimum atomic E-state index is -0.0641. The summed E-state index contributed by atoms with van der Waals surface area (Å²) in [5.41, 5.74) is 4.49. The maximum absolute atomic E-state index is 9.14. The Morgan fingerprint density at radius 1 is 0.828 bits per heavy atom. The third kappa shape index (κ3) is 4.44. The number of H-pyrrole nitrogens is 1. The lowest BCUT2D eigenvalue weighted by Gasteiger charge is -2.08. The zero-order valence-electron chi connectivity index (χ0n) is 16.0. The van der Waals surface area contributed by atoms with Crippen LogP contribution in [0.3, 0.4) is 0 Å². The van der Waals surface area contributed by atoms with Gasteiger partial charge in [-0.25, -0.2) is 4.98 Å². The largest absolute Gasteiger partial charge is 0.497 e. The van der Waals surface area contributed by atoms with Gasteiger partial charge in [0.05, 0.1) is 31.3 Å². The van der Waals surface area contributed by atoms with Crippen molar-refractivity contribution in [3.8, 4) is 34.1 Å². The number of hydrogen-bond donors (Lipinski definition) is 2. The molecule has 0 saturated heterocycles. The lowest BCUT2D eigenvalue weighted by molar-refractivity contribution is 0.277. The molecule has 4 aromatic rings. The van der Waals surface area contributed by atoms with Gasteiger partial charge in [0.2, 0.25) is 0 Å². The number of ether oxygens (including phenoxy) is 2. The molecular formula is C23H21N3O3. The van der Waals surface area contributed by atoms with Crippen LogP contribution in [0.5, 0.6) is 11.5 Å². The Bertz CT molecular complexity index is 1060. The molecule has 0 aliphatic rings. The zero-order chi connectivity index (χ0) is 20.1. The van der Waals surface area contributed by atoms with Gasteiger partial charge >= 0.3 is 0 Å². The van der Waals surface area contributed by atoms with Crippen molar-refractivity contribution in [1.82, 2.24) is 15.0 Å². The van der Waals surface area contributed by atoms with E-state index in [9.17, 15) is 0 Å². The fourth-order valence-electron chi connectivity index (χ4n) is 2.90. The number of aromatic amines is 1. The minimum absolute atomic E-state index is 0.0641. The van der Waals surface area contributed by atoms with E-state index >= 15 is 0 Å². The van der Waals surface area contributed by atoms with E-state index in [4.69, 9.17) is 14.6 Å². The van der Waals surface area contributed by atoms with Gasteiger partial charge in [0.15, 0.2) is 0 Å². The summed E-state index contributed by atoms with van der Waals surface area (Å²) in [6.45, 7) is 0.431. The number of benzene rings is 2. The van der Waals surface area contributed by atoms with E-state index in [1.807, 2.05) is 60.7 Å². The average Bonchev–Trinajstić information content (AvgIpc) is 3.28. The van der Waals surface area contributed by atoms with Crippen LogP contribution in [0.25, 0.3) is 22.6 Å². The molecular weight excluding hydrogens is 366 g/mol. The number of aromatic nitrogens is 3. The molecule has 146 valence electrons. The number of nitrogens with zero attached hydrogens (tertiary/aromatic N) is 2. The summed E-state index contributed by atoms with van der Waals surface area (Å²) in [6, 6.07) is 19.6. The molecule has 0 saturated carbocycles. The molecule has 4 rings (SSSR count). The topological polar surface area (TPSA) is 80.3 Å². The standard InChI is InChI=1S/C23H21N3O3/c1-28-20-7-2-16(3-8-20)15-29-21-9-4-17(5-10-21)22-11-6-18(12-24-22)23-25-13-19(14-27)26-23/h2-13,27H,14-15H2,1H3,(H,25,26). The molecule has 2 aromatic heterocycles. The van der Waals surface area contributed by atoms with E-state index in [2.05, 4.69) is 15.0 Å². The summed E-state index contributed by atoms with van der Waals surface area (Å²) >= 11 is 0. The van der Waals surface area contributed by atoms with E-state index < -0.39 is 0 Å². The molecule has 2 heterocycles. The number of pyridine rings is 1. The van der Waals surface area contributed by atoms with Crippen LogP contribution in [0.4, 0.5) is 0 Å². The van der Waals surface area contributed by atoms with Crippen LogP contribution in [0.1, 0.15) is 11.3 Å². The highest BCUT2D eigenvalue weighted by molar-refractivity contribution is 5.63. The SMILES string of the molecule is COc1ccc(COc2ccc(-c3ccc(-c4ncc(CO)[nH]4)cn3)cc2)cc1. The molecule has 0 fully saturated rings. The van der Waals surface area contributed by atoms with Crippen LogP contribution in [0.2, 0.25) is 0 Å². The van der Waals surface area contributed by atoms with Crippen molar-refractivity contribution >= 4 is 0 Å². The van der Waals surface area contributed by atoms with Gasteiger partial charge in [0.25, 0.3) is 0 Å². The molecule has 29 heavy (non-hydrogen) atoms. The van der Waals surface area contributed by atoms with Gasteiger partial charge in [-0.3, -0.25) is 4.98 Å². The molecule has 0 atom stereocenters. The smallest absolute Gasteiger partial charge is 0.139 e. The predicted octanol–water partition coefficient (Wildman–Crippen LogP) is 4.22. The van der Waals surface area contributed by atoms with Gasteiger partial charge in [-0.1, -0.05) is 12.1 Å². The zero-order valence-corrected chi connectivity index (χ0v) is 16.0. The first-order chi connectivity index (χ1) is 14.2. The molecule has 2 N–H and O–H groups in total. The van der Waals surface area contributed by atoms with E-state index in [0.29, 0.717) is 18.1 Å². The Balaban J connectivity index is 1.40. The quantitative estimate of drug-likeness (QED) is 0.496. The Labute approximate surface area is 168 Å². The lowest BCUT2D eigenvalue weighted by Crippen LogP contribution is -1.95. The number of methoxy groups -OCH3 is 1. The molecule has 0 radical (unpaired) electrons. The number of aliphatic hydroxyl groups is 1. The van der Waals surface area contributed by atoms with Gasteiger partial charge in [-0.2, -0.15) is 0 Å². The molecule has 0 unspecified atom stereocenters. The van der Waals surface area contributed by atoms with E-state index in [1.54, 1.807) is 19.5 Å². The van der Waals surface area contributed by atoms with Crippen LogP contribution in [0.15, 0.2) is 73.1 Å². The maximum Gasteiger partial charge on any atom is 0.139 e. The van der Waals surface area contributed by atoms with Crippen LogP contribution >= 0.6 is 0 Å². The number of rotatable bonds is 7. The van der Waals surface area contributed by atoms with Gasteiger partial charge in [0, 0.05) is 17.3 Å². The van der Waals surface area contributed by atoms with Crippen molar-refractivity contribution in [1.29, 1.82) is 0 Å². The molecule has 2 aromatic carbocycles. The number of nitrogens with one attached hydrogen (secondary N) is 1. The molecule has 0 bridgehead atoms. The Hall–Kier alpha value is -3.64. The van der Waals surface area contributed by atoms with Crippen molar-refractivity contribution in [3.63, 3.8) is 0 Å². The highest BCUT2D eigenvalue weighted by Crippen LogP contribution is 2.24. The fourth-order valence-corrected chi connectivity index (χ4v) is 2.90. The van der Waals surface area contributed by atoms with Crippen molar-refractivity contribution in [2.75, 3.05) is 7.11 Å². The molecule has 0 amide bonds. The van der Waals surface area contributed by atoms with E-state index in [0.717, 1.165) is 33.9 Å². The van der Waals surface area contributed by atoms with Crippen molar-refractivity contribution in [2.24, 2.45) is 0 Å². The van der Waals surface area contributed by atoms with Crippen LogP contribution in [-0.2, 0) is 13.2 Å². The average molecular weight is 387 g/mol. The Morgan fingerprint density at radius 2 is 1.55 bits per heavy atom. The first kappa shape index (κ1) is 18.7. The van der Waals surface area contributed by atoms with Crippen molar-refractivity contribution in [3.05, 3.63) is 84.3 Å². The molecule has 0 spiro atoms. The number of imidazole rings is 1. The number of aliphatic hydroxyl groups excluding tert-OH is 1. The van der Waals surface area contributed by atoms with Crippen LogP contribution in [-0.4, -0.2) is 27.2 Å². The minimum Gasteiger partial charge on any atom is -0.497 e.